The normalized spacial score (nSPS) is 17.1. The molecule has 0 aliphatic carbocycles. The summed E-state index contributed by atoms with van der Waals surface area (Å²) < 4.78 is 361. The molecule has 0 atom stereocenters. The molecule has 0 radical (unpaired) electrons. The molecule has 0 saturated heterocycles. The highest BCUT2D eigenvalue weighted by molar-refractivity contribution is 5.16. The van der Waals surface area contributed by atoms with Crippen molar-refractivity contribution in [2.75, 3.05) is 0 Å². The topological polar surface area (TPSA) is 0 Å². The van der Waals surface area contributed by atoms with Crippen LogP contribution in [0.2, 0.25) is 0 Å². The highest BCUT2D eigenvalue weighted by Gasteiger charge is 2.96. The van der Waals surface area contributed by atoms with Crippen LogP contribution in [-0.2, 0) is 0 Å². The fourth-order valence-electron chi connectivity index (χ4n) is 2.30. The van der Waals surface area contributed by atoms with Crippen LogP contribution in [0.1, 0.15) is 6.42 Å². The van der Waals surface area contributed by atoms with Crippen LogP contribution in [0.4, 0.5) is 123 Å². The first kappa shape index (κ1) is 40.0. The maximum absolute atomic E-state index is 13.5. The fraction of sp³-hybridized carbons (Fsp3) is 1.00. The molecule has 42 heavy (non-hydrogen) atoms. The van der Waals surface area contributed by atoms with Gasteiger partial charge in [-0.2, -0.15) is 123 Å². The van der Waals surface area contributed by atoms with E-state index in [2.05, 4.69) is 0 Å². The smallest absolute Gasteiger partial charge is 0.199 e. The third-order valence-electron chi connectivity index (χ3n) is 4.84. The molecule has 0 aliphatic rings. The second kappa shape index (κ2) is 9.52. The van der Waals surface area contributed by atoms with Gasteiger partial charge in [-0.3, -0.25) is 0 Å². The number of hydrogen-bond donors (Lipinski definition) is 0. The maximum atomic E-state index is 13.5. The standard InChI is InChI=1S/C14H2F28/c15-2(16,1-3(17,18)5(21,22)7(25,26)11(33,34)13(37,38)39)4(19,20)6(23,24)8(27,28)9(29,30)10(31,32)12(35,36)14(40,41)42/h1H2. The van der Waals surface area contributed by atoms with Gasteiger partial charge >= 0.3 is 77.5 Å². The molecule has 0 aliphatic heterocycles. The number of alkyl halides is 28. The van der Waals surface area contributed by atoms with Crippen molar-refractivity contribution in [2.24, 2.45) is 0 Å². The largest absolute Gasteiger partial charge is 0.460 e. The van der Waals surface area contributed by atoms with Crippen LogP contribution in [0.3, 0.4) is 0 Å². The Balaban J connectivity index is 7.06. The summed E-state index contributed by atoms with van der Waals surface area (Å²) in [5, 5.41) is 0. The van der Waals surface area contributed by atoms with E-state index in [1.165, 1.54) is 0 Å². The zero-order chi connectivity index (χ0) is 35.2. The predicted molar refractivity (Wildman–Crippen MR) is 71.1 cm³/mol. The molecule has 0 bridgehead atoms. The average molecular weight is 702 g/mol. The predicted octanol–water partition coefficient (Wildman–Crippen LogP) is 9.49. The van der Waals surface area contributed by atoms with Gasteiger partial charge in [-0.1, -0.05) is 0 Å². The first-order chi connectivity index (χ1) is 17.5. The van der Waals surface area contributed by atoms with Gasteiger partial charge in [0.2, 0.25) is 0 Å². The molecule has 0 fully saturated rings. The van der Waals surface area contributed by atoms with Crippen LogP contribution in [0.5, 0.6) is 0 Å². The minimum atomic E-state index is -9.42. The number of hydrogen-bond acceptors (Lipinski definition) is 0. The van der Waals surface area contributed by atoms with E-state index in [0.717, 1.165) is 0 Å². The average Bonchev–Trinajstić information content (AvgIpc) is 2.69. The van der Waals surface area contributed by atoms with Crippen molar-refractivity contribution in [2.45, 2.75) is 83.9 Å². The Hall–Kier alpha value is -1.96. The molecule has 0 aromatic carbocycles. The molecule has 0 amide bonds. The molecule has 0 heterocycles. The van der Waals surface area contributed by atoms with Crippen LogP contribution >= 0.6 is 0 Å². The Morgan fingerprint density at radius 3 is 0.524 bits per heavy atom. The third-order valence-corrected chi connectivity index (χ3v) is 4.84. The van der Waals surface area contributed by atoms with Crippen LogP contribution < -0.4 is 0 Å². The second-order valence-corrected chi connectivity index (χ2v) is 7.75. The van der Waals surface area contributed by atoms with E-state index >= 15 is 0 Å². The summed E-state index contributed by atoms with van der Waals surface area (Å²) in [6.07, 6.45) is -21.9. The van der Waals surface area contributed by atoms with Gasteiger partial charge in [0, 0.05) is 0 Å². The van der Waals surface area contributed by atoms with Crippen LogP contribution in [0.15, 0.2) is 0 Å². The summed E-state index contributed by atoms with van der Waals surface area (Å²) in [4.78, 5) is 0. The monoisotopic (exact) mass is 702 g/mol. The van der Waals surface area contributed by atoms with E-state index in [1.807, 2.05) is 0 Å². The molecule has 0 spiro atoms. The van der Waals surface area contributed by atoms with E-state index in [9.17, 15) is 123 Å². The van der Waals surface area contributed by atoms with E-state index in [-0.39, 0.29) is 0 Å². The lowest BCUT2D eigenvalue weighted by atomic mass is 9.86. The van der Waals surface area contributed by atoms with Crippen molar-refractivity contribution in [3.63, 3.8) is 0 Å². The molecule has 254 valence electrons. The van der Waals surface area contributed by atoms with Gasteiger partial charge in [0.25, 0.3) is 0 Å². The molecular formula is C14H2F28. The summed E-state index contributed by atoms with van der Waals surface area (Å²) >= 11 is 0. The van der Waals surface area contributed by atoms with Crippen molar-refractivity contribution in [1.29, 1.82) is 0 Å². The van der Waals surface area contributed by atoms with E-state index < -0.39 is 83.9 Å². The highest BCUT2D eigenvalue weighted by atomic mass is 19.4. The van der Waals surface area contributed by atoms with Crippen molar-refractivity contribution >= 4 is 0 Å². The van der Waals surface area contributed by atoms with Crippen LogP contribution in [0, 0.1) is 0 Å². The minimum absolute atomic E-state index is 5.74. The highest BCUT2D eigenvalue weighted by Crippen LogP contribution is 2.66. The van der Waals surface area contributed by atoms with Crippen molar-refractivity contribution in [1.82, 2.24) is 0 Å². The summed E-state index contributed by atoms with van der Waals surface area (Å²) in [5.74, 6) is -97.8. The van der Waals surface area contributed by atoms with E-state index in [4.69, 9.17) is 0 Å². The van der Waals surface area contributed by atoms with Crippen LogP contribution in [-0.4, -0.2) is 77.5 Å². The molecule has 0 aromatic heterocycles. The SMILES string of the molecule is FC(F)(F)C(F)(F)C(F)(F)C(F)(F)C(F)(F)CC(F)(F)C(F)(F)C(F)(F)C(F)(F)C(F)(F)C(F)(F)C(F)(F)C(F)(F)F. The van der Waals surface area contributed by atoms with Gasteiger partial charge in [0.15, 0.2) is 0 Å². The first-order valence-electron chi connectivity index (χ1n) is 8.75. The van der Waals surface area contributed by atoms with E-state index in [1.54, 1.807) is 0 Å². The lowest BCUT2D eigenvalue weighted by Crippen LogP contribution is -2.75. The molecule has 0 saturated carbocycles. The molecule has 0 nitrogen and oxygen atoms in total. The van der Waals surface area contributed by atoms with Crippen molar-refractivity contribution in [3.05, 3.63) is 0 Å². The Kier molecular flexibility index (Phi) is 9.07. The minimum Gasteiger partial charge on any atom is -0.199 e. The summed E-state index contributed by atoms with van der Waals surface area (Å²) in [6, 6.07) is 0. The summed E-state index contributed by atoms with van der Waals surface area (Å²) in [6.45, 7) is 0. The Morgan fingerprint density at radius 2 is 0.333 bits per heavy atom. The van der Waals surface area contributed by atoms with Gasteiger partial charge in [0.1, 0.15) is 0 Å². The second-order valence-electron chi connectivity index (χ2n) is 7.75. The summed E-state index contributed by atoms with van der Waals surface area (Å²) in [5.41, 5.74) is 0. The maximum Gasteiger partial charge on any atom is 0.460 e. The zero-order valence-electron chi connectivity index (χ0n) is 17.8. The molecular weight excluding hydrogens is 700 g/mol. The van der Waals surface area contributed by atoms with Gasteiger partial charge in [-0.25, -0.2) is 0 Å². The first-order valence-corrected chi connectivity index (χ1v) is 8.75. The van der Waals surface area contributed by atoms with E-state index in [0.29, 0.717) is 0 Å². The van der Waals surface area contributed by atoms with Gasteiger partial charge in [-0.15, -0.1) is 0 Å². The van der Waals surface area contributed by atoms with Gasteiger partial charge in [0.05, 0.1) is 6.42 Å². The lowest BCUT2D eigenvalue weighted by molar-refractivity contribution is -0.465. The third kappa shape index (κ3) is 4.92. The van der Waals surface area contributed by atoms with Crippen molar-refractivity contribution < 1.29 is 123 Å². The molecule has 0 unspecified atom stereocenters. The van der Waals surface area contributed by atoms with Gasteiger partial charge < -0.3 is 0 Å². The zero-order valence-corrected chi connectivity index (χ0v) is 17.8. The fourth-order valence-corrected chi connectivity index (χ4v) is 2.30. The number of rotatable bonds is 11. The molecule has 0 aromatic rings. The van der Waals surface area contributed by atoms with Crippen molar-refractivity contribution in [3.8, 4) is 0 Å². The lowest BCUT2D eigenvalue weighted by Gasteiger charge is -2.43. The molecule has 0 N–H and O–H groups in total. The molecule has 0 rings (SSSR count). The Labute approximate surface area is 208 Å². The van der Waals surface area contributed by atoms with Crippen LogP contribution in [0.25, 0.3) is 0 Å². The Morgan fingerprint density at radius 1 is 0.190 bits per heavy atom. The molecule has 28 heteroatoms. The van der Waals surface area contributed by atoms with Gasteiger partial charge in [-0.05, 0) is 0 Å². The quantitative estimate of drug-likeness (QED) is 0.188. The summed E-state index contributed by atoms with van der Waals surface area (Å²) in [7, 11) is 0. The number of halogens is 28. The Bertz CT molecular complexity index is 972.